The van der Waals surface area contributed by atoms with Crippen LogP contribution in [0.15, 0.2) is 47.4 Å². The van der Waals surface area contributed by atoms with Crippen LogP contribution in [0.3, 0.4) is 0 Å². The smallest absolute Gasteiger partial charge is 0.246 e. The molecule has 1 N–H and O–H groups in total. The van der Waals surface area contributed by atoms with E-state index in [1.807, 2.05) is 0 Å². The number of amides is 1. The monoisotopic (exact) mass is 669 g/mol. The SMILES string of the molecule is O=C(COCC1CCCN(S(=O)(=O)c2c(Cl)cc(Cl)cc2Cl)C1)NCC1CCC(C(c2ccccc2)N2CCCC2)CC1. The van der Waals surface area contributed by atoms with E-state index in [-0.39, 0.29) is 44.9 Å². The lowest BCUT2D eigenvalue weighted by Gasteiger charge is -2.39. The largest absolute Gasteiger partial charge is 0.371 e. The molecule has 2 aromatic rings. The van der Waals surface area contributed by atoms with Crippen LogP contribution in [-0.2, 0) is 19.6 Å². The van der Waals surface area contributed by atoms with Gasteiger partial charge in [-0.1, -0.05) is 65.1 Å². The first kappa shape index (κ1) is 33.0. The third-order valence-corrected chi connectivity index (χ3v) is 12.2. The third kappa shape index (κ3) is 8.46. The van der Waals surface area contributed by atoms with E-state index in [2.05, 4.69) is 40.5 Å². The van der Waals surface area contributed by atoms with E-state index in [1.54, 1.807) is 0 Å². The Bertz CT molecular complexity index is 1310. The highest BCUT2D eigenvalue weighted by Crippen LogP contribution is 2.41. The number of carbonyl (C=O) groups excluding carboxylic acids is 1. The molecular formula is C32H42Cl3N3O4S. The van der Waals surface area contributed by atoms with E-state index in [9.17, 15) is 13.2 Å². The van der Waals surface area contributed by atoms with Crippen molar-refractivity contribution in [1.82, 2.24) is 14.5 Å². The van der Waals surface area contributed by atoms with Crippen LogP contribution in [0.5, 0.6) is 0 Å². The van der Waals surface area contributed by atoms with Crippen molar-refractivity contribution < 1.29 is 17.9 Å². The van der Waals surface area contributed by atoms with Gasteiger partial charge in [0.15, 0.2) is 0 Å². The van der Waals surface area contributed by atoms with Crippen LogP contribution in [0.25, 0.3) is 0 Å². The minimum atomic E-state index is -3.89. The molecule has 2 aromatic carbocycles. The van der Waals surface area contributed by atoms with Crippen molar-refractivity contribution in [2.75, 3.05) is 45.9 Å². The number of likely N-dealkylation sites (tertiary alicyclic amines) is 1. The predicted octanol–water partition coefficient (Wildman–Crippen LogP) is 6.82. The maximum absolute atomic E-state index is 13.3. The molecule has 2 aliphatic heterocycles. The van der Waals surface area contributed by atoms with Crippen molar-refractivity contribution in [3.05, 3.63) is 63.1 Å². The van der Waals surface area contributed by atoms with Gasteiger partial charge < -0.3 is 10.1 Å². The van der Waals surface area contributed by atoms with Crippen LogP contribution in [0.4, 0.5) is 0 Å². The summed E-state index contributed by atoms with van der Waals surface area (Å²) in [5.74, 6) is 0.992. The Kier molecular flexibility index (Phi) is 11.7. The summed E-state index contributed by atoms with van der Waals surface area (Å²) in [5.41, 5.74) is 1.44. The number of rotatable bonds is 11. The van der Waals surface area contributed by atoms with Crippen LogP contribution in [-0.4, -0.2) is 69.5 Å². The maximum atomic E-state index is 13.3. The van der Waals surface area contributed by atoms with Gasteiger partial charge >= 0.3 is 0 Å². The molecule has 11 heteroatoms. The molecule has 5 rings (SSSR count). The van der Waals surface area contributed by atoms with Gasteiger partial charge in [0.25, 0.3) is 0 Å². The standard InChI is InChI=1S/C32H42Cl3N3O4S/c33-27-17-28(34)32(29(35)18-27)43(40,41)38-16-6-7-24(20-38)21-42-22-30(39)36-19-23-10-12-26(13-11-23)31(37-14-4-5-15-37)25-8-2-1-3-9-25/h1-3,8-9,17-18,23-24,26,31H,4-7,10-16,19-22H2,(H,36,39). The summed E-state index contributed by atoms with van der Waals surface area (Å²) in [5, 5.41) is 3.36. The summed E-state index contributed by atoms with van der Waals surface area (Å²) in [6, 6.07) is 14.2. The van der Waals surface area contributed by atoms with Gasteiger partial charge in [0.05, 0.1) is 16.7 Å². The van der Waals surface area contributed by atoms with Gasteiger partial charge in [-0.15, -0.1) is 0 Å². The number of nitrogens with zero attached hydrogens (tertiary/aromatic N) is 2. The molecule has 2 saturated heterocycles. The maximum Gasteiger partial charge on any atom is 0.246 e. The molecule has 7 nitrogen and oxygen atoms in total. The van der Waals surface area contributed by atoms with Gasteiger partial charge in [-0.2, -0.15) is 4.31 Å². The molecule has 3 fully saturated rings. The Morgan fingerprint density at radius 2 is 1.58 bits per heavy atom. The average molecular weight is 671 g/mol. The molecule has 3 aliphatic rings. The zero-order valence-corrected chi connectivity index (χ0v) is 27.6. The zero-order chi connectivity index (χ0) is 30.4. The number of piperidine rings is 1. The zero-order valence-electron chi connectivity index (χ0n) is 24.5. The van der Waals surface area contributed by atoms with Crippen molar-refractivity contribution in [3.63, 3.8) is 0 Å². The van der Waals surface area contributed by atoms with Crippen LogP contribution >= 0.6 is 34.8 Å². The predicted molar refractivity (Wildman–Crippen MR) is 172 cm³/mol. The third-order valence-electron chi connectivity index (χ3n) is 9.23. The lowest BCUT2D eigenvalue weighted by molar-refractivity contribution is -0.126. The Balaban J connectivity index is 1.04. The fraction of sp³-hybridized carbons (Fsp3) is 0.594. The highest BCUT2D eigenvalue weighted by Gasteiger charge is 2.35. The van der Waals surface area contributed by atoms with Crippen molar-refractivity contribution >= 4 is 50.7 Å². The minimum absolute atomic E-state index is 0.00337. The highest BCUT2D eigenvalue weighted by molar-refractivity contribution is 7.89. The lowest BCUT2D eigenvalue weighted by atomic mass is 9.76. The summed E-state index contributed by atoms with van der Waals surface area (Å²) in [7, 11) is -3.89. The van der Waals surface area contributed by atoms with Gasteiger partial charge in [0, 0.05) is 30.7 Å². The number of carbonyl (C=O) groups is 1. The number of hydrogen-bond donors (Lipinski definition) is 1. The topological polar surface area (TPSA) is 78.9 Å². The summed E-state index contributed by atoms with van der Waals surface area (Å²) in [4.78, 5) is 15.1. The van der Waals surface area contributed by atoms with Crippen LogP contribution in [0.1, 0.15) is 63.0 Å². The number of hydrogen-bond acceptors (Lipinski definition) is 5. The molecular weight excluding hydrogens is 629 g/mol. The van der Waals surface area contributed by atoms with Crippen molar-refractivity contribution in [2.45, 2.75) is 62.3 Å². The molecule has 2 atom stereocenters. The van der Waals surface area contributed by atoms with Crippen LogP contribution < -0.4 is 5.32 Å². The second kappa shape index (κ2) is 15.3. The van der Waals surface area contributed by atoms with E-state index in [1.165, 1.54) is 60.8 Å². The fourth-order valence-electron chi connectivity index (χ4n) is 7.07. The van der Waals surface area contributed by atoms with E-state index >= 15 is 0 Å². The van der Waals surface area contributed by atoms with E-state index < -0.39 is 10.0 Å². The molecule has 2 heterocycles. The molecule has 0 bridgehead atoms. The molecule has 1 saturated carbocycles. The minimum Gasteiger partial charge on any atom is -0.371 e. The summed E-state index contributed by atoms with van der Waals surface area (Å²) >= 11 is 18.4. The second-order valence-corrected chi connectivity index (χ2v) is 15.4. The number of halogens is 3. The van der Waals surface area contributed by atoms with Gasteiger partial charge in [-0.3, -0.25) is 9.69 Å². The molecule has 1 aliphatic carbocycles. The first-order chi connectivity index (χ1) is 20.7. The Morgan fingerprint density at radius 3 is 2.26 bits per heavy atom. The van der Waals surface area contributed by atoms with E-state index in [0.717, 1.165) is 19.3 Å². The lowest BCUT2D eigenvalue weighted by Crippen LogP contribution is -2.42. The summed E-state index contributed by atoms with van der Waals surface area (Å²) in [6.07, 6.45) is 8.69. The van der Waals surface area contributed by atoms with Crippen LogP contribution in [0, 0.1) is 17.8 Å². The normalized spacial score (nSPS) is 24.6. The van der Waals surface area contributed by atoms with Crippen molar-refractivity contribution in [2.24, 2.45) is 17.8 Å². The molecule has 1 amide bonds. The Hall–Kier alpha value is -1.39. The number of nitrogens with one attached hydrogen (secondary N) is 1. The molecule has 236 valence electrons. The molecule has 0 aromatic heterocycles. The molecule has 0 radical (unpaired) electrons. The van der Waals surface area contributed by atoms with Gasteiger partial charge in [0.1, 0.15) is 11.5 Å². The van der Waals surface area contributed by atoms with Crippen molar-refractivity contribution in [1.29, 1.82) is 0 Å². The second-order valence-electron chi connectivity index (χ2n) is 12.3. The van der Waals surface area contributed by atoms with E-state index in [4.69, 9.17) is 39.5 Å². The summed E-state index contributed by atoms with van der Waals surface area (Å²) < 4.78 is 33.8. The molecule has 2 unspecified atom stereocenters. The Morgan fingerprint density at radius 1 is 0.907 bits per heavy atom. The fourth-order valence-corrected chi connectivity index (χ4v) is 10.1. The van der Waals surface area contributed by atoms with E-state index in [0.29, 0.717) is 44.0 Å². The van der Waals surface area contributed by atoms with Crippen molar-refractivity contribution in [3.8, 4) is 0 Å². The molecule has 43 heavy (non-hydrogen) atoms. The van der Waals surface area contributed by atoms with Crippen LogP contribution in [0.2, 0.25) is 15.1 Å². The quantitative estimate of drug-likeness (QED) is 0.284. The Labute approximate surface area is 271 Å². The highest BCUT2D eigenvalue weighted by atomic mass is 35.5. The number of benzene rings is 2. The number of ether oxygens (including phenoxy) is 1. The van der Waals surface area contributed by atoms with Gasteiger partial charge in [-0.05, 0) is 99.9 Å². The van der Waals surface area contributed by atoms with Gasteiger partial charge in [-0.25, -0.2) is 8.42 Å². The average Bonchev–Trinajstić information content (AvgIpc) is 3.51. The first-order valence-corrected chi connectivity index (χ1v) is 18.1. The summed E-state index contributed by atoms with van der Waals surface area (Å²) in [6.45, 7) is 3.99. The molecule has 0 spiro atoms. The number of sulfonamides is 1. The van der Waals surface area contributed by atoms with Gasteiger partial charge in [0.2, 0.25) is 15.9 Å². The first-order valence-electron chi connectivity index (χ1n) is 15.5.